The zero-order chi connectivity index (χ0) is 19.6. The highest BCUT2D eigenvalue weighted by Gasteiger charge is 2.31. The lowest BCUT2D eigenvalue weighted by atomic mass is 10.1. The van der Waals surface area contributed by atoms with E-state index in [2.05, 4.69) is 10.6 Å². The molecule has 7 heteroatoms. The molecular formula is C20H24N2O4S. The summed E-state index contributed by atoms with van der Waals surface area (Å²) in [6, 6.07) is 5.45. The topological polar surface area (TPSA) is 76.7 Å². The van der Waals surface area contributed by atoms with Crippen LogP contribution in [0.5, 0.6) is 11.5 Å². The van der Waals surface area contributed by atoms with Crippen molar-refractivity contribution in [3.05, 3.63) is 39.8 Å². The molecule has 2 N–H and O–H groups in total. The van der Waals surface area contributed by atoms with E-state index in [4.69, 9.17) is 9.47 Å². The number of aryl methyl sites for hydroxylation is 1. The van der Waals surface area contributed by atoms with Gasteiger partial charge in [0.25, 0.3) is 5.91 Å². The molecule has 27 heavy (non-hydrogen) atoms. The number of anilines is 1. The van der Waals surface area contributed by atoms with Crippen LogP contribution in [-0.2, 0) is 11.3 Å². The largest absolute Gasteiger partial charge is 0.497 e. The van der Waals surface area contributed by atoms with E-state index in [1.165, 1.54) is 11.3 Å². The number of methoxy groups -OCH3 is 2. The van der Waals surface area contributed by atoms with E-state index in [1.807, 2.05) is 32.0 Å². The van der Waals surface area contributed by atoms with Crippen LogP contribution in [0.3, 0.4) is 0 Å². The van der Waals surface area contributed by atoms with Crippen molar-refractivity contribution in [2.24, 2.45) is 5.92 Å². The second-order valence-corrected chi connectivity index (χ2v) is 7.84. The fourth-order valence-electron chi connectivity index (χ4n) is 2.83. The van der Waals surface area contributed by atoms with Crippen LogP contribution in [0.4, 0.5) is 5.00 Å². The molecule has 0 saturated heterocycles. The van der Waals surface area contributed by atoms with Gasteiger partial charge in [-0.05, 0) is 50.5 Å². The quantitative estimate of drug-likeness (QED) is 0.759. The zero-order valence-electron chi connectivity index (χ0n) is 16.0. The van der Waals surface area contributed by atoms with Crippen LogP contribution >= 0.6 is 11.3 Å². The third kappa shape index (κ3) is 4.24. The van der Waals surface area contributed by atoms with E-state index in [9.17, 15) is 9.59 Å². The first-order valence-corrected chi connectivity index (χ1v) is 9.66. The maximum absolute atomic E-state index is 12.9. The van der Waals surface area contributed by atoms with Gasteiger partial charge in [-0.15, -0.1) is 11.3 Å². The Morgan fingerprint density at radius 2 is 1.93 bits per heavy atom. The fraction of sp³-hybridized carbons (Fsp3) is 0.400. The van der Waals surface area contributed by atoms with E-state index in [-0.39, 0.29) is 17.7 Å². The van der Waals surface area contributed by atoms with E-state index in [1.54, 1.807) is 14.2 Å². The lowest BCUT2D eigenvalue weighted by molar-refractivity contribution is -0.117. The molecule has 0 unspecified atom stereocenters. The molecule has 1 fully saturated rings. The van der Waals surface area contributed by atoms with Crippen LogP contribution in [0.15, 0.2) is 18.2 Å². The minimum Gasteiger partial charge on any atom is -0.497 e. The summed E-state index contributed by atoms with van der Waals surface area (Å²) in [6.45, 7) is 4.15. The van der Waals surface area contributed by atoms with E-state index in [0.717, 1.165) is 28.8 Å². The van der Waals surface area contributed by atoms with Gasteiger partial charge in [0.15, 0.2) is 0 Å². The number of benzene rings is 1. The number of nitrogens with one attached hydrogen (secondary N) is 2. The summed E-state index contributed by atoms with van der Waals surface area (Å²) in [5, 5.41) is 6.49. The molecule has 1 aromatic heterocycles. The number of amides is 2. The van der Waals surface area contributed by atoms with Crippen LogP contribution < -0.4 is 20.1 Å². The SMILES string of the molecule is COc1ccc(OC)c(CNC(=O)c2c(NC(=O)C3CC3)sc(C)c2C)c1. The molecule has 0 radical (unpaired) electrons. The molecule has 0 aliphatic heterocycles. The number of carbonyl (C=O) groups is 2. The van der Waals surface area contributed by atoms with Gasteiger partial charge in [-0.1, -0.05) is 0 Å². The Balaban J connectivity index is 1.77. The Labute approximate surface area is 162 Å². The Kier molecular flexibility index (Phi) is 5.70. The van der Waals surface area contributed by atoms with Gasteiger partial charge in [-0.2, -0.15) is 0 Å². The summed E-state index contributed by atoms with van der Waals surface area (Å²) in [4.78, 5) is 26.0. The van der Waals surface area contributed by atoms with Crippen molar-refractivity contribution < 1.29 is 19.1 Å². The summed E-state index contributed by atoms with van der Waals surface area (Å²) >= 11 is 1.44. The number of carbonyl (C=O) groups excluding carboxylic acids is 2. The molecule has 2 amide bonds. The normalized spacial score (nSPS) is 13.2. The average Bonchev–Trinajstić information content (AvgIpc) is 3.47. The molecule has 0 atom stereocenters. The smallest absolute Gasteiger partial charge is 0.254 e. The van der Waals surface area contributed by atoms with Gasteiger partial charge in [0.1, 0.15) is 16.5 Å². The van der Waals surface area contributed by atoms with Crippen LogP contribution in [0, 0.1) is 19.8 Å². The molecule has 1 saturated carbocycles. The van der Waals surface area contributed by atoms with E-state index in [0.29, 0.717) is 28.6 Å². The van der Waals surface area contributed by atoms with Crippen LogP contribution in [0.1, 0.15) is 39.2 Å². The van der Waals surface area contributed by atoms with Crippen molar-refractivity contribution in [2.75, 3.05) is 19.5 Å². The Hall–Kier alpha value is -2.54. The summed E-state index contributed by atoms with van der Waals surface area (Å²) in [5.74, 6) is 1.24. The summed E-state index contributed by atoms with van der Waals surface area (Å²) in [5.41, 5.74) is 2.24. The first-order valence-electron chi connectivity index (χ1n) is 8.84. The number of rotatable bonds is 7. The highest BCUT2D eigenvalue weighted by Crippen LogP contribution is 2.36. The van der Waals surface area contributed by atoms with Gasteiger partial charge < -0.3 is 20.1 Å². The number of ether oxygens (including phenoxy) is 2. The molecule has 1 aliphatic carbocycles. The average molecular weight is 388 g/mol. The maximum Gasteiger partial charge on any atom is 0.254 e. The van der Waals surface area contributed by atoms with Crippen molar-refractivity contribution in [3.63, 3.8) is 0 Å². The second kappa shape index (κ2) is 8.00. The number of hydrogen-bond donors (Lipinski definition) is 2. The van der Waals surface area contributed by atoms with E-state index < -0.39 is 0 Å². The first kappa shape index (κ1) is 19.2. The van der Waals surface area contributed by atoms with Gasteiger partial charge in [-0.25, -0.2) is 0 Å². The lowest BCUT2D eigenvalue weighted by Gasteiger charge is -2.12. The third-order valence-corrected chi connectivity index (χ3v) is 5.85. The minimum atomic E-state index is -0.215. The number of thiophene rings is 1. The standard InChI is InChI=1S/C20H24N2O4S/c1-11-12(2)27-20(22-18(23)13-5-6-13)17(11)19(24)21-10-14-9-15(25-3)7-8-16(14)26-4/h7-9,13H,5-6,10H2,1-4H3,(H,21,24)(H,22,23). The predicted molar refractivity (Wildman–Crippen MR) is 106 cm³/mol. The van der Waals surface area contributed by atoms with Gasteiger partial charge in [0, 0.05) is 22.9 Å². The molecule has 1 heterocycles. The van der Waals surface area contributed by atoms with Crippen molar-refractivity contribution in [1.29, 1.82) is 0 Å². The molecule has 6 nitrogen and oxygen atoms in total. The molecule has 2 aromatic rings. The molecular weight excluding hydrogens is 364 g/mol. The molecule has 1 aromatic carbocycles. The Morgan fingerprint density at radius 1 is 1.19 bits per heavy atom. The highest BCUT2D eigenvalue weighted by atomic mass is 32.1. The van der Waals surface area contributed by atoms with Crippen molar-refractivity contribution in [2.45, 2.75) is 33.2 Å². The zero-order valence-corrected chi connectivity index (χ0v) is 16.8. The fourth-order valence-corrected chi connectivity index (χ4v) is 3.89. The minimum absolute atomic E-state index is 0.000218. The summed E-state index contributed by atoms with van der Waals surface area (Å²) in [6.07, 6.45) is 1.85. The highest BCUT2D eigenvalue weighted by molar-refractivity contribution is 7.16. The van der Waals surface area contributed by atoms with Gasteiger partial charge in [-0.3, -0.25) is 9.59 Å². The first-order chi connectivity index (χ1) is 12.9. The van der Waals surface area contributed by atoms with Crippen LogP contribution in [0.2, 0.25) is 0 Å². The summed E-state index contributed by atoms with van der Waals surface area (Å²) < 4.78 is 10.6. The second-order valence-electron chi connectivity index (χ2n) is 6.61. The maximum atomic E-state index is 12.9. The molecule has 0 spiro atoms. The van der Waals surface area contributed by atoms with E-state index >= 15 is 0 Å². The number of hydrogen-bond acceptors (Lipinski definition) is 5. The molecule has 3 rings (SSSR count). The lowest BCUT2D eigenvalue weighted by Crippen LogP contribution is -2.25. The summed E-state index contributed by atoms with van der Waals surface area (Å²) in [7, 11) is 3.18. The van der Waals surface area contributed by atoms with Crippen molar-refractivity contribution >= 4 is 28.2 Å². The Bertz CT molecular complexity index is 871. The van der Waals surface area contributed by atoms with Crippen molar-refractivity contribution in [3.8, 4) is 11.5 Å². The van der Waals surface area contributed by atoms with Crippen molar-refractivity contribution in [1.82, 2.24) is 5.32 Å². The van der Waals surface area contributed by atoms with Gasteiger partial charge in [0.2, 0.25) is 5.91 Å². The molecule has 144 valence electrons. The van der Waals surface area contributed by atoms with Gasteiger partial charge in [0.05, 0.1) is 19.8 Å². The van der Waals surface area contributed by atoms with Crippen LogP contribution in [0.25, 0.3) is 0 Å². The predicted octanol–water partition coefficient (Wildman–Crippen LogP) is 3.66. The monoisotopic (exact) mass is 388 g/mol. The molecule has 0 bridgehead atoms. The van der Waals surface area contributed by atoms with Gasteiger partial charge >= 0.3 is 0 Å². The van der Waals surface area contributed by atoms with Crippen LogP contribution in [-0.4, -0.2) is 26.0 Å². The Morgan fingerprint density at radius 3 is 2.56 bits per heavy atom. The third-order valence-electron chi connectivity index (χ3n) is 4.72. The molecule has 1 aliphatic rings.